The molecule has 3 aliphatic heterocycles. The number of aryl methyl sites for hydroxylation is 1. The van der Waals surface area contributed by atoms with Crippen LogP contribution in [0.5, 0.6) is 5.75 Å². The van der Waals surface area contributed by atoms with Crippen molar-refractivity contribution in [1.29, 1.82) is 0 Å². The van der Waals surface area contributed by atoms with E-state index in [4.69, 9.17) is 4.74 Å². The molecule has 0 unspecified atom stereocenters. The fourth-order valence-corrected chi connectivity index (χ4v) is 8.15. The van der Waals surface area contributed by atoms with E-state index >= 15 is 0 Å². The van der Waals surface area contributed by atoms with Gasteiger partial charge >= 0.3 is 0 Å². The molecule has 0 bridgehead atoms. The zero-order valence-corrected chi connectivity index (χ0v) is 23.2. The summed E-state index contributed by atoms with van der Waals surface area (Å²) in [6.45, 7) is 2.37. The Balaban J connectivity index is 1.33. The Morgan fingerprint density at radius 3 is 2.77 bits per heavy atom. The first kappa shape index (κ1) is 26.3. The molecule has 1 aromatic carbocycles. The number of nitrogens with zero attached hydrogens (tertiary/aromatic N) is 6. The van der Waals surface area contributed by atoms with E-state index < -0.39 is 27.7 Å². The van der Waals surface area contributed by atoms with E-state index in [2.05, 4.69) is 25.3 Å². The van der Waals surface area contributed by atoms with Crippen LogP contribution in [0.4, 0.5) is 0 Å². The number of fused-ring (bicyclic) bond motifs is 2. The van der Waals surface area contributed by atoms with Gasteiger partial charge < -0.3 is 15.2 Å². The van der Waals surface area contributed by atoms with E-state index in [0.717, 1.165) is 28.9 Å². The number of thiazole rings is 1. The highest BCUT2D eigenvalue weighted by molar-refractivity contribution is 7.89. The predicted molar refractivity (Wildman–Crippen MR) is 142 cm³/mol. The Morgan fingerprint density at radius 2 is 2.05 bits per heavy atom. The molecule has 3 aromatic rings. The Hall–Kier alpha value is -2.91. The highest BCUT2D eigenvalue weighted by Crippen LogP contribution is 2.37. The zero-order valence-electron chi connectivity index (χ0n) is 21.6. The monoisotopic (exact) mass is 573 g/mol. The highest BCUT2D eigenvalue weighted by Gasteiger charge is 2.47. The SMILES string of the molecule is Cn1ncnc1-c1ccc2c(c1)OCCC1(CCN(Cc3nccs3)CC1)NC(=O)[C@@H]1C[C@@H](O)CN1S2(=O)=O. The number of likely N-dealkylation sites (tertiary alicyclic amines) is 1. The van der Waals surface area contributed by atoms with Gasteiger partial charge in [-0.3, -0.25) is 9.69 Å². The lowest BCUT2D eigenvalue weighted by molar-refractivity contribution is -0.127. The Kier molecular flexibility index (Phi) is 6.91. The van der Waals surface area contributed by atoms with Crippen LogP contribution in [-0.2, 0) is 28.4 Å². The summed E-state index contributed by atoms with van der Waals surface area (Å²) in [4.78, 5) is 24.6. The molecule has 0 radical (unpaired) electrons. The molecule has 0 aliphatic carbocycles. The number of benzene rings is 1. The smallest absolute Gasteiger partial charge is 0.247 e. The molecule has 2 saturated heterocycles. The van der Waals surface area contributed by atoms with Crippen molar-refractivity contribution in [3.05, 3.63) is 41.1 Å². The summed E-state index contributed by atoms with van der Waals surface area (Å²) in [7, 11) is -2.39. The molecule has 1 spiro atoms. The Bertz CT molecular complexity index is 1450. The lowest BCUT2D eigenvalue weighted by Gasteiger charge is -2.43. The second-order valence-corrected chi connectivity index (χ2v) is 13.3. The summed E-state index contributed by atoms with van der Waals surface area (Å²) in [5.74, 6) is 0.396. The molecule has 6 rings (SSSR count). The summed E-state index contributed by atoms with van der Waals surface area (Å²) < 4.78 is 36.6. The van der Waals surface area contributed by atoms with Crippen LogP contribution >= 0.6 is 11.3 Å². The number of aliphatic hydroxyl groups is 1. The quantitative estimate of drug-likeness (QED) is 0.469. The molecule has 1 amide bonds. The molecular formula is C25H31N7O5S2. The molecule has 3 aliphatic rings. The Morgan fingerprint density at radius 1 is 1.23 bits per heavy atom. The molecule has 2 fully saturated rings. The Labute approximate surface area is 230 Å². The number of aromatic nitrogens is 4. The zero-order chi connectivity index (χ0) is 27.2. The number of amides is 1. The minimum atomic E-state index is -4.15. The molecule has 5 heterocycles. The van der Waals surface area contributed by atoms with E-state index in [0.29, 0.717) is 30.7 Å². The first-order valence-electron chi connectivity index (χ1n) is 13.0. The number of aliphatic hydroxyl groups excluding tert-OH is 1. The molecule has 208 valence electrons. The minimum Gasteiger partial charge on any atom is -0.492 e. The number of ether oxygens (including phenoxy) is 1. The van der Waals surface area contributed by atoms with Gasteiger partial charge in [-0.2, -0.15) is 9.40 Å². The van der Waals surface area contributed by atoms with E-state index in [1.54, 1.807) is 41.4 Å². The van der Waals surface area contributed by atoms with Crippen LogP contribution in [0.2, 0.25) is 0 Å². The maximum Gasteiger partial charge on any atom is 0.247 e. The van der Waals surface area contributed by atoms with Crippen molar-refractivity contribution in [2.24, 2.45) is 7.05 Å². The van der Waals surface area contributed by atoms with Crippen LogP contribution in [-0.4, -0.2) is 92.3 Å². The lowest BCUT2D eigenvalue weighted by Crippen LogP contribution is -2.59. The third kappa shape index (κ3) is 5.07. The van der Waals surface area contributed by atoms with Crippen molar-refractivity contribution in [3.63, 3.8) is 0 Å². The van der Waals surface area contributed by atoms with Gasteiger partial charge in [0.15, 0.2) is 5.82 Å². The number of rotatable bonds is 3. The van der Waals surface area contributed by atoms with E-state index in [1.165, 1.54) is 12.4 Å². The number of hydrogen-bond acceptors (Lipinski definition) is 10. The fraction of sp³-hybridized carbons (Fsp3) is 0.520. The minimum absolute atomic E-state index is 0.0328. The fourth-order valence-electron chi connectivity index (χ4n) is 5.75. The molecule has 2 N–H and O–H groups in total. The molecule has 2 atom stereocenters. The standard InChI is InChI=1S/C25H31N7O5S2/c1-30-23(27-16-28-30)17-2-3-21-20(12-17)37-10-6-25(4-8-31(9-5-25)15-22-26-7-11-38-22)29-24(34)19-13-18(33)14-32(19)39(21,35)36/h2-3,7,11-12,16,18-19,33H,4-6,8-10,13-15H2,1H3,(H,29,34)/t18-,19+/m1/s1. The average Bonchev–Trinajstić information content (AvgIpc) is 3.66. The van der Waals surface area contributed by atoms with E-state index in [9.17, 15) is 18.3 Å². The maximum atomic E-state index is 13.9. The normalized spacial score (nSPS) is 25.3. The summed E-state index contributed by atoms with van der Waals surface area (Å²) in [6.07, 6.45) is 4.26. The van der Waals surface area contributed by atoms with Crippen LogP contribution in [0, 0.1) is 0 Å². The largest absolute Gasteiger partial charge is 0.492 e. The number of piperidine rings is 1. The van der Waals surface area contributed by atoms with Crippen molar-refractivity contribution in [2.45, 2.75) is 54.8 Å². The molecule has 2 aromatic heterocycles. The van der Waals surface area contributed by atoms with Gasteiger partial charge in [0.1, 0.15) is 28.0 Å². The molecule has 0 saturated carbocycles. The number of carbonyl (C=O) groups excluding carboxylic acids is 1. The lowest BCUT2D eigenvalue weighted by atomic mass is 9.84. The molecule has 14 heteroatoms. The van der Waals surface area contributed by atoms with Crippen LogP contribution in [0.3, 0.4) is 0 Å². The van der Waals surface area contributed by atoms with E-state index in [-0.39, 0.29) is 36.1 Å². The van der Waals surface area contributed by atoms with Crippen LogP contribution in [0.15, 0.2) is 41.0 Å². The second kappa shape index (κ2) is 10.2. The summed E-state index contributed by atoms with van der Waals surface area (Å²) in [5, 5.41) is 20.8. The summed E-state index contributed by atoms with van der Waals surface area (Å²) >= 11 is 1.62. The van der Waals surface area contributed by atoms with Gasteiger partial charge in [-0.25, -0.2) is 23.1 Å². The van der Waals surface area contributed by atoms with Crippen molar-refractivity contribution < 1.29 is 23.1 Å². The number of nitrogens with one attached hydrogen (secondary N) is 1. The molecular weight excluding hydrogens is 542 g/mol. The van der Waals surface area contributed by atoms with Gasteiger partial charge in [-0.05, 0) is 31.0 Å². The van der Waals surface area contributed by atoms with Gasteiger partial charge in [-0.1, -0.05) is 0 Å². The topological polar surface area (TPSA) is 143 Å². The van der Waals surface area contributed by atoms with Crippen molar-refractivity contribution in [2.75, 3.05) is 26.2 Å². The van der Waals surface area contributed by atoms with E-state index in [1.807, 2.05) is 5.38 Å². The third-order valence-electron chi connectivity index (χ3n) is 7.92. The van der Waals surface area contributed by atoms with Crippen molar-refractivity contribution in [3.8, 4) is 17.1 Å². The van der Waals surface area contributed by atoms with Gasteiger partial charge in [-0.15, -0.1) is 11.3 Å². The first-order valence-corrected chi connectivity index (χ1v) is 15.3. The van der Waals surface area contributed by atoms with Gasteiger partial charge in [0.25, 0.3) is 0 Å². The van der Waals surface area contributed by atoms with Gasteiger partial charge in [0.05, 0.1) is 19.3 Å². The number of carbonyl (C=O) groups is 1. The summed E-state index contributed by atoms with van der Waals surface area (Å²) in [6, 6.07) is 3.80. The van der Waals surface area contributed by atoms with Crippen molar-refractivity contribution >= 4 is 27.3 Å². The van der Waals surface area contributed by atoms with Crippen LogP contribution in [0.1, 0.15) is 30.7 Å². The molecule has 12 nitrogen and oxygen atoms in total. The predicted octanol–water partition coefficient (Wildman–Crippen LogP) is 0.996. The van der Waals surface area contributed by atoms with Crippen LogP contribution < -0.4 is 10.1 Å². The van der Waals surface area contributed by atoms with Crippen molar-refractivity contribution in [1.82, 2.24) is 34.3 Å². The highest BCUT2D eigenvalue weighted by atomic mass is 32.2. The summed E-state index contributed by atoms with van der Waals surface area (Å²) in [5.41, 5.74) is 0.113. The van der Waals surface area contributed by atoms with Gasteiger partial charge in [0, 0.05) is 62.2 Å². The number of hydrogen-bond donors (Lipinski definition) is 2. The first-order chi connectivity index (χ1) is 18.7. The average molecular weight is 574 g/mol. The molecule has 39 heavy (non-hydrogen) atoms. The van der Waals surface area contributed by atoms with Gasteiger partial charge in [0.2, 0.25) is 15.9 Å². The maximum absolute atomic E-state index is 13.9. The third-order valence-corrected chi connectivity index (χ3v) is 10.6. The second-order valence-electron chi connectivity index (χ2n) is 10.4. The van der Waals surface area contributed by atoms with Crippen LogP contribution in [0.25, 0.3) is 11.4 Å². The number of sulfonamides is 1.